The summed E-state index contributed by atoms with van der Waals surface area (Å²) in [4.78, 5) is 13.8. The molecule has 0 spiro atoms. The number of cyclic esters (lactones) is 1. The lowest BCUT2D eigenvalue weighted by Gasteiger charge is -2.46. The van der Waals surface area contributed by atoms with Gasteiger partial charge in [-0.1, -0.05) is 34.3 Å². The van der Waals surface area contributed by atoms with Gasteiger partial charge >= 0.3 is 5.97 Å². The van der Waals surface area contributed by atoms with Crippen LogP contribution in [0, 0.1) is 23.7 Å². The van der Waals surface area contributed by atoms with Crippen LogP contribution in [0.15, 0.2) is 12.2 Å². The fraction of sp³-hybridized carbons (Fsp3) is 0.900. The first-order valence-electron chi connectivity index (χ1n) is 14.5. The van der Waals surface area contributed by atoms with Gasteiger partial charge in [-0.25, -0.2) is 0 Å². The van der Waals surface area contributed by atoms with E-state index in [2.05, 4.69) is 13.5 Å². The number of hydrogen-bond donors (Lipinski definition) is 3. The molecule has 0 aromatic heterocycles. The minimum absolute atomic E-state index is 0.0902. The first-order valence-corrected chi connectivity index (χ1v) is 14.5. The third-order valence-corrected chi connectivity index (χ3v) is 9.91. The molecule has 0 radical (unpaired) electrons. The molecule has 39 heavy (non-hydrogen) atoms. The molecule has 0 amide bonds. The van der Waals surface area contributed by atoms with Crippen LogP contribution in [0.1, 0.15) is 81.6 Å². The molecule has 4 unspecified atom stereocenters. The number of carbonyl (C=O) groups excluding carboxylic acids is 1. The Morgan fingerprint density at radius 1 is 1.15 bits per heavy atom. The summed E-state index contributed by atoms with van der Waals surface area (Å²) in [6.07, 6.45) is -4.04. The molecule has 0 aromatic carbocycles. The summed E-state index contributed by atoms with van der Waals surface area (Å²) in [5.74, 6) is -1.95. The second kappa shape index (κ2) is 11.7. The van der Waals surface area contributed by atoms with Crippen LogP contribution in [0.2, 0.25) is 0 Å². The van der Waals surface area contributed by atoms with Crippen LogP contribution in [0.25, 0.3) is 0 Å². The van der Waals surface area contributed by atoms with Gasteiger partial charge < -0.3 is 39.0 Å². The number of ether oxygens (including phenoxy) is 5. The Kier molecular flexibility index (Phi) is 9.70. The number of fused-ring (bicyclic) bond motifs is 2. The summed E-state index contributed by atoms with van der Waals surface area (Å²) in [6, 6.07) is 0. The van der Waals surface area contributed by atoms with E-state index in [1.54, 1.807) is 27.9 Å². The molecule has 9 nitrogen and oxygen atoms in total. The van der Waals surface area contributed by atoms with Gasteiger partial charge in [0.05, 0.1) is 41.5 Å². The van der Waals surface area contributed by atoms with Crippen LogP contribution in [0.3, 0.4) is 0 Å². The molecule has 3 aliphatic heterocycles. The van der Waals surface area contributed by atoms with E-state index in [4.69, 9.17) is 23.7 Å². The van der Waals surface area contributed by atoms with E-state index in [1.165, 1.54) is 6.92 Å². The molecule has 0 saturated carbocycles. The second-order valence-electron chi connectivity index (χ2n) is 13.0. The molecule has 3 saturated heterocycles. The summed E-state index contributed by atoms with van der Waals surface area (Å²) in [7, 11) is 1.55. The van der Waals surface area contributed by atoms with E-state index >= 15 is 0 Å². The van der Waals surface area contributed by atoms with E-state index < -0.39 is 71.4 Å². The molecule has 226 valence electrons. The van der Waals surface area contributed by atoms with Gasteiger partial charge in [0.25, 0.3) is 0 Å². The van der Waals surface area contributed by atoms with Crippen molar-refractivity contribution in [3.05, 3.63) is 12.2 Å². The average Bonchev–Trinajstić information content (AvgIpc) is 3.20. The molecule has 9 heteroatoms. The lowest BCUT2D eigenvalue weighted by molar-refractivity contribution is -0.294. The quantitative estimate of drug-likeness (QED) is 0.334. The number of esters is 1. The van der Waals surface area contributed by atoms with Crippen molar-refractivity contribution in [2.45, 2.75) is 141 Å². The number of methoxy groups -OCH3 is 1. The summed E-state index contributed by atoms with van der Waals surface area (Å²) in [6.45, 7) is 21.0. The van der Waals surface area contributed by atoms with Crippen molar-refractivity contribution in [3.8, 4) is 0 Å². The number of carbonyl (C=O) groups is 1. The third-order valence-electron chi connectivity index (χ3n) is 9.91. The minimum Gasteiger partial charge on any atom is -0.459 e. The van der Waals surface area contributed by atoms with E-state index in [9.17, 15) is 20.1 Å². The second-order valence-corrected chi connectivity index (χ2v) is 13.0. The predicted molar refractivity (Wildman–Crippen MR) is 146 cm³/mol. The fourth-order valence-electron chi connectivity index (χ4n) is 7.05. The van der Waals surface area contributed by atoms with Gasteiger partial charge in [0.1, 0.15) is 17.8 Å². The van der Waals surface area contributed by atoms with Gasteiger partial charge in [-0.05, 0) is 59.0 Å². The number of aliphatic hydroxyl groups is 3. The molecule has 3 fully saturated rings. The van der Waals surface area contributed by atoms with Crippen molar-refractivity contribution in [2.24, 2.45) is 23.7 Å². The maximum absolute atomic E-state index is 13.8. The van der Waals surface area contributed by atoms with Crippen LogP contribution in [0.4, 0.5) is 0 Å². The molecule has 3 N–H and O–H groups in total. The van der Waals surface area contributed by atoms with Crippen LogP contribution in [-0.2, 0) is 28.5 Å². The highest BCUT2D eigenvalue weighted by Crippen LogP contribution is 2.48. The maximum atomic E-state index is 13.8. The largest absolute Gasteiger partial charge is 0.459 e. The van der Waals surface area contributed by atoms with Gasteiger partial charge in [-0.2, -0.15) is 0 Å². The van der Waals surface area contributed by atoms with Crippen LogP contribution in [-0.4, -0.2) is 88.1 Å². The standard InChI is InChI=1S/C30H52O9/c1-12-21(31)30(10,34)26-17(4)23-15(2)13-28(8,39-23)19(6)16(3)24(18(5)27(33)38-26)37-22-14-29(9,35-11)25(32)20(7)36-22/h15-18,20-26,31-32,34H,6,12-14H2,1-5,7-11H3/t15?,16-,17+,18-,20?,21-,22+,23?,24+,25+,26-,28-,29?,30-/m1/s1. The highest BCUT2D eigenvalue weighted by Gasteiger charge is 2.55. The molecular weight excluding hydrogens is 504 g/mol. The Balaban J connectivity index is 2.03. The van der Waals surface area contributed by atoms with Crippen molar-refractivity contribution < 1.29 is 43.8 Å². The summed E-state index contributed by atoms with van der Waals surface area (Å²) in [5, 5.41) is 32.9. The highest BCUT2D eigenvalue weighted by atomic mass is 16.7. The molecule has 0 aromatic rings. The van der Waals surface area contributed by atoms with Gasteiger partial charge in [0, 0.05) is 25.4 Å². The Morgan fingerprint density at radius 2 is 1.77 bits per heavy atom. The fourth-order valence-corrected chi connectivity index (χ4v) is 7.05. The molecule has 3 heterocycles. The van der Waals surface area contributed by atoms with E-state index in [0.717, 1.165) is 5.57 Å². The number of rotatable bonds is 6. The minimum atomic E-state index is -1.70. The van der Waals surface area contributed by atoms with Crippen molar-refractivity contribution in [3.63, 3.8) is 0 Å². The summed E-state index contributed by atoms with van der Waals surface area (Å²) in [5.41, 5.74) is -2.47. The van der Waals surface area contributed by atoms with Crippen LogP contribution < -0.4 is 0 Å². The summed E-state index contributed by atoms with van der Waals surface area (Å²) < 4.78 is 31.0. The van der Waals surface area contributed by atoms with Gasteiger partial charge in [0.2, 0.25) is 0 Å². The zero-order chi connectivity index (χ0) is 29.7. The lowest BCUT2D eigenvalue weighted by atomic mass is 9.75. The Labute approximate surface area is 234 Å². The van der Waals surface area contributed by atoms with E-state index in [0.29, 0.717) is 12.8 Å². The van der Waals surface area contributed by atoms with Crippen LogP contribution >= 0.6 is 0 Å². The highest BCUT2D eigenvalue weighted by molar-refractivity contribution is 5.73. The Morgan fingerprint density at radius 3 is 2.33 bits per heavy atom. The smallest absolute Gasteiger partial charge is 0.311 e. The van der Waals surface area contributed by atoms with E-state index in [-0.39, 0.29) is 24.4 Å². The average molecular weight is 557 g/mol. The number of hydrogen-bond acceptors (Lipinski definition) is 9. The molecule has 0 aliphatic carbocycles. The van der Waals surface area contributed by atoms with Crippen molar-refractivity contribution in [1.29, 1.82) is 0 Å². The van der Waals surface area contributed by atoms with Gasteiger partial charge in [-0.15, -0.1) is 0 Å². The Hall–Kier alpha value is -1.07. The predicted octanol–water partition coefficient (Wildman–Crippen LogP) is 3.37. The SMILES string of the molecule is C=C1[C@@H](C)[C@H](O[C@H]2CC(C)(OC)[C@@H](O)C(C)O2)[C@@H](C)C(=O)O[C@@H]([C@](C)(O)[C@H](O)CC)[C@@H](C)C2O[C@]1(C)CC2C. The monoisotopic (exact) mass is 556 g/mol. The number of aliphatic hydroxyl groups excluding tert-OH is 2. The van der Waals surface area contributed by atoms with Gasteiger partial charge in [0.15, 0.2) is 6.29 Å². The van der Waals surface area contributed by atoms with Crippen molar-refractivity contribution in [2.75, 3.05) is 7.11 Å². The summed E-state index contributed by atoms with van der Waals surface area (Å²) >= 11 is 0. The third kappa shape index (κ3) is 5.96. The zero-order valence-electron chi connectivity index (χ0n) is 25.5. The molecule has 3 aliphatic rings. The molecule has 3 rings (SSSR count). The maximum Gasteiger partial charge on any atom is 0.311 e. The normalized spacial score (nSPS) is 48.1. The van der Waals surface area contributed by atoms with Crippen molar-refractivity contribution in [1.82, 2.24) is 0 Å². The molecule has 14 atom stereocenters. The Bertz CT molecular complexity index is 892. The topological polar surface area (TPSA) is 124 Å². The zero-order valence-corrected chi connectivity index (χ0v) is 25.5. The lowest BCUT2D eigenvalue weighted by Crippen LogP contribution is -2.58. The van der Waals surface area contributed by atoms with Gasteiger partial charge in [-0.3, -0.25) is 4.79 Å². The first kappa shape index (κ1) is 32.4. The van der Waals surface area contributed by atoms with Crippen LogP contribution in [0.5, 0.6) is 0 Å². The first-order chi connectivity index (χ1) is 17.9. The van der Waals surface area contributed by atoms with Crippen molar-refractivity contribution >= 4 is 5.97 Å². The molecule has 2 bridgehead atoms. The van der Waals surface area contributed by atoms with E-state index in [1.807, 2.05) is 27.7 Å². The molecular formula is C30H52O9.